The second-order valence-electron chi connectivity index (χ2n) is 4.00. The summed E-state index contributed by atoms with van der Waals surface area (Å²) in [6.07, 6.45) is 3.84. The molecule has 82 valence electrons. The molecule has 1 aromatic rings. The molecule has 0 radical (unpaired) electrons. The summed E-state index contributed by atoms with van der Waals surface area (Å²) in [6.45, 7) is 2.37. The highest BCUT2D eigenvalue weighted by atomic mass is 19.1. The summed E-state index contributed by atoms with van der Waals surface area (Å²) in [5.41, 5.74) is 5.64. The maximum atomic E-state index is 13.5. The fourth-order valence-electron chi connectivity index (χ4n) is 2.06. The van der Waals surface area contributed by atoms with Crippen molar-refractivity contribution in [2.45, 2.75) is 12.8 Å². The van der Waals surface area contributed by atoms with Gasteiger partial charge < -0.3 is 10.6 Å². The molecule has 1 aliphatic rings. The Morgan fingerprint density at radius 3 is 3.20 bits per heavy atom. The molecule has 0 amide bonds. The van der Waals surface area contributed by atoms with Crippen LogP contribution in [0.5, 0.6) is 0 Å². The number of anilines is 1. The fourth-order valence-corrected chi connectivity index (χ4v) is 2.06. The van der Waals surface area contributed by atoms with E-state index in [1.807, 2.05) is 4.90 Å². The zero-order valence-corrected chi connectivity index (χ0v) is 8.69. The molecule has 2 N–H and O–H groups in total. The number of hydrogen-bond donors (Lipinski definition) is 1. The van der Waals surface area contributed by atoms with Crippen LogP contribution in [-0.4, -0.2) is 24.6 Å². The number of nitrogens with zero attached hydrogens (tertiary/aromatic N) is 2. The number of aromatic nitrogens is 1. The maximum Gasteiger partial charge on any atom is 0.165 e. The van der Waals surface area contributed by atoms with Crippen molar-refractivity contribution in [2.24, 2.45) is 11.7 Å². The number of pyridine rings is 1. The minimum absolute atomic E-state index is 0.241. The summed E-state index contributed by atoms with van der Waals surface area (Å²) in [5, 5.41) is 0. The minimum atomic E-state index is -0.241. The van der Waals surface area contributed by atoms with Gasteiger partial charge in [-0.3, -0.25) is 0 Å². The molecule has 0 bridgehead atoms. The Morgan fingerprint density at radius 1 is 1.60 bits per heavy atom. The number of hydrogen-bond acceptors (Lipinski definition) is 3. The quantitative estimate of drug-likeness (QED) is 0.800. The van der Waals surface area contributed by atoms with Crippen LogP contribution in [0.4, 0.5) is 10.2 Å². The van der Waals surface area contributed by atoms with Crippen LogP contribution in [0, 0.1) is 11.7 Å². The smallest absolute Gasteiger partial charge is 0.165 e. The van der Waals surface area contributed by atoms with E-state index in [9.17, 15) is 4.39 Å². The molecule has 1 unspecified atom stereocenters. The van der Waals surface area contributed by atoms with Gasteiger partial charge in [-0.05, 0) is 37.4 Å². The number of rotatable bonds is 2. The Balaban J connectivity index is 2.13. The van der Waals surface area contributed by atoms with E-state index in [1.54, 1.807) is 12.3 Å². The van der Waals surface area contributed by atoms with Crippen LogP contribution >= 0.6 is 0 Å². The molecule has 1 aromatic heterocycles. The fraction of sp³-hybridized carbons (Fsp3) is 0.545. The SMILES string of the molecule is NCC1CCCN(c2ncccc2F)C1. The van der Waals surface area contributed by atoms with Gasteiger partial charge in [0.25, 0.3) is 0 Å². The lowest BCUT2D eigenvalue weighted by Gasteiger charge is -2.33. The van der Waals surface area contributed by atoms with Crippen molar-refractivity contribution >= 4 is 5.82 Å². The highest BCUT2D eigenvalue weighted by molar-refractivity contribution is 5.40. The van der Waals surface area contributed by atoms with Crippen molar-refractivity contribution in [1.82, 2.24) is 4.98 Å². The molecule has 2 heterocycles. The van der Waals surface area contributed by atoms with Gasteiger partial charge in [-0.2, -0.15) is 0 Å². The molecular weight excluding hydrogens is 193 g/mol. The molecule has 0 aromatic carbocycles. The average molecular weight is 209 g/mol. The lowest BCUT2D eigenvalue weighted by Crippen LogP contribution is -2.39. The predicted molar refractivity (Wildman–Crippen MR) is 58.2 cm³/mol. The third-order valence-corrected chi connectivity index (χ3v) is 2.89. The Labute approximate surface area is 89.1 Å². The van der Waals surface area contributed by atoms with Crippen molar-refractivity contribution in [1.29, 1.82) is 0 Å². The van der Waals surface area contributed by atoms with Gasteiger partial charge in [-0.25, -0.2) is 9.37 Å². The second-order valence-corrected chi connectivity index (χ2v) is 4.00. The number of piperidine rings is 1. The van der Waals surface area contributed by atoms with Gasteiger partial charge in [0.1, 0.15) is 0 Å². The molecule has 3 nitrogen and oxygen atoms in total. The number of nitrogens with two attached hydrogens (primary N) is 1. The van der Waals surface area contributed by atoms with Crippen LogP contribution in [0.15, 0.2) is 18.3 Å². The minimum Gasteiger partial charge on any atom is -0.354 e. The summed E-state index contributed by atoms with van der Waals surface area (Å²) in [4.78, 5) is 6.08. The van der Waals surface area contributed by atoms with Gasteiger partial charge >= 0.3 is 0 Å². The summed E-state index contributed by atoms with van der Waals surface area (Å²) in [7, 11) is 0. The van der Waals surface area contributed by atoms with Gasteiger partial charge in [0, 0.05) is 19.3 Å². The first-order valence-corrected chi connectivity index (χ1v) is 5.37. The van der Waals surface area contributed by atoms with E-state index in [0.29, 0.717) is 18.3 Å². The van der Waals surface area contributed by atoms with E-state index in [1.165, 1.54) is 6.07 Å². The molecule has 1 fully saturated rings. The first-order valence-electron chi connectivity index (χ1n) is 5.37. The van der Waals surface area contributed by atoms with Crippen molar-refractivity contribution < 1.29 is 4.39 Å². The van der Waals surface area contributed by atoms with Crippen molar-refractivity contribution in [3.05, 3.63) is 24.1 Å². The Kier molecular flexibility index (Phi) is 3.16. The van der Waals surface area contributed by atoms with E-state index in [4.69, 9.17) is 5.73 Å². The monoisotopic (exact) mass is 209 g/mol. The molecule has 1 atom stereocenters. The first kappa shape index (κ1) is 10.4. The predicted octanol–water partition coefficient (Wildman–Crippen LogP) is 1.40. The van der Waals surface area contributed by atoms with E-state index < -0.39 is 0 Å². The zero-order chi connectivity index (χ0) is 10.7. The third-order valence-electron chi connectivity index (χ3n) is 2.89. The average Bonchev–Trinajstić information content (AvgIpc) is 2.30. The molecule has 1 aliphatic heterocycles. The molecule has 0 aliphatic carbocycles. The normalized spacial score (nSPS) is 21.7. The van der Waals surface area contributed by atoms with E-state index >= 15 is 0 Å². The van der Waals surface area contributed by atoms with Crippen LogP contribution < -0.4 is 10.6 Å². The lowest BCUT2D eigenvalue weighted by molar-refractivity contribution is 0.417. The van der Waals surface area contributed by atoms with Crippen molar-refractivity contribution in [3.63, 3.8) is 0 Å². The molecule has 0 spiro atoms. The molecular formula is C11H16FN3. The Bertz CT molecular complexity index is 329. The number of halogens is 1. The second kappa shape index (κ2) is 4.57. The van der Waals surface area contributed by atoms with Crippen LogP contribution in [0.3, 0.4) is 0 Å². The van der Waals surface area contributed by atoms with Crippen molar-refractivity contribution in [2.75, 3.05) is 24.5 Å². The lowest BCUT2D eigenvalue weighted by atomic mass is 9.98. The van der Waals surface area contributed by atoms with E-state index in [2.05, 4.69) is 4.98 Å². The topological polar surface area (TPSA) is 42.1 Å². The van der Waals surface area contributed by atoms with Gasteiger partial charge in [-0.1, -0.05) is 0 Å². The van der Waals surface area contributed by atoms with Crippen LogP contribution in [0.25, 0.3) is 0 Å². The van der Waals surface area contributed by atoms with E-state index in [-0.39, 0.29) is 5.82 Å². The van der Waals surface area contributed by atoms with Gasteiger partial charge in [0.15, 0.2) is 11.6 Å². The third kappa shape index (κ3) is 2.26. The van der Waals surface area contributed by atoms with Crippen LogP contribution in [0.2, 0.25) is 0 Å². The maximum absolute atomic E-state index is 13.5. The summed E-state index contributed by atoms with van der Waals surface area (Å²) in [6, 6.07) is 3.07. The summed E-state index contributed by atoms with van der Waals surface area (Å²) < 4.78 is 13.5. The Hall–Kier alpha value is -1.16. The molecule has 0 saturated carbocycles. The molecule has 15 heavy (non-hydrogen) atoms. The van der Waals surface area contributed by atoms with E-state index in [0.717, 1.165) is 25.9 Å². The van der Waals surface area contributed by atoms with Crippen LogP contribution in [-0.2, 0) is 0 Å². The molecule has 4 heteroatoms. The summed E-state index contributed by atoms with van der Waals surface area (Å²) >= 11 is 0. The van der Waals surface area contributed by atoms with Gasteiger partial charge in [-0.15, -0.1) is 0 Å². The standard InChI is InChI=1S/C11H16FN3/c12-10-4-1-5-14-11(10)15-6-2-3-9(7-13)8-15/h1,4-5,9H,2-3,6-8,13H2. The largest absolute Gasteiger partial charge is 0.354 e. The van der Waals surface area contributed by atoms with Gasteiger partial charge in [0.2, 0.25) is 0 Å². The summed E-state index contributed by atoms with van der Waals surface area (Å²) in [5.74, 6) is 0.700. The van der Waals surface area contributed by atoms with Crippen LogP contribution in [0.1, 0.15) is 12.8 Å². The van der Waals surface area contributed by atoms with Crippen molar-refractivity contribution in [3.8, 4) is 0 Å². The molecule has 2 rings (SSSR count). The highest BCUT2D eigenvalue weighted by Crippen LogP contribution is 2.22. The highest BCUT2D eigenvalue weighted by Gasteiger charge is 2.21. The first-order chi connectivity index (χ1) is 7.31. The van der Waals surface area contributed by atoms with Gasteiger partial charge in [0.05, 0.1) is 0 Å². The molecule has 1 saturated heterocycles. The zero-order valence-electron chi connectivity index (χ0n) is 8.69. The Morgan fingerprint density at radius 2 is 2.47 bits per heavy atom.